The summed E-state index contributed by atoms with van der Waals surface area (Å²) >= 11 is 0. The number of carbonyl (C=O) groups excluding carboxylic acids is 1. The van der Waals surface area contributed by atoms with Gasteiger partial charge in [-0.2, -0.15) is 10.2 Å². The molecule has 0 aromatic carbocycles. The van der Waals surface area contributed by atoms with Gasteiger partial charge in [-0.1, -0.05) is 0 Å². The highest BCUT2D eigenvalue weighted by molar-refractivity contribution is 5.86. The summed E-state index contributed by atoms with van der Waals surface area (Å²) < 4.78 is 4.97. The van der Waals surface area contributed by atoms with Crippen LogP contribution in [0.15, 0.2) is 22.6 Å². The summed E-state index contributed by atoms with van der Waals surface area (Å²) in [5, 5.41) is 17.6. The van der Waals surface area contributed by atoms with E-state index in [9.17, 15) is 9.59 Å². The average molecular weight is 242 g/mol. The van der Waals surface area contributed by atoms with Crippen LogP contribution in [0.3, 0.4) is 0 Å². The van der Waals surface area contributed by atoms with Crippen LogP contribution in [0.5, 0.6) is 0 Å². The van der Waals surface area contributed by atoms with E-state index >= 15 is 0 Å². The predicted molar refractivity (Wildman–Crippen MR) is 56.8 cm³/mol. The molecule has 1 aliphatic heterocycles. The van der Waals surface area contributed by atoms with E-state index < -0.39 is 17.8 Å². The summed E-state index contributed by atoms with van der Waals surface area (Å²) in [5.74, 6) is 0. The molecule has 0 aromatic heterocycles. The Labute approximate surface area is 98.1 Å². The molecule has 1 N–H and O–H groups in total. The highest BCUT2D eigenvalue weighted by atomic mass is 16.6. The molecule has 8 nitrogen and oxygen atoms in total. The number of azo groups is 1. The number of carbonyl (C=O) groups is 2. The van der Waals surface area contributed by atoms with Gasteiger partial charge in [0.25, 0.3) is 0 Å². The van der Waals surface area contributed by atoms with E-state index in [1.54, 1.807) is 20.8 Å². The van der Waals surface area contributed by atoms with Crippen LogP contribution in [0.4, 0.5) is 9.59 Å². The Hall–Kier alpha value is -2.12. The van der Waals surface area contributed by atoms with E-state index in [2.05, 4.69) is 10.2 Å². The maximum absolute atomic E-state index is 11.7. The fourth-order valence-electron chi connectivity index (χ4n) is 1.03. The van der Waals surface area contributed by atoms with Gasteiger partial charge in [-0.25, -0.2) is 9.59 Å². The quantitative estimate of drug-likeness (QED) is 0.758. The molecule has 8 heteroatoms. The summed E-state index contributed by atoms with van der Waals surface area (Å²) in [6, 6.07) is 0. The molecule has 0 radical (unpaired) electrons. The molecular formula is C9H14N4O4. The number of hydrogen-bond acceptors (Lipinski definition) is 6. The van der Waals surface area contributed by atoms with Gasteiger partial charge in [0, 0.05) is 6.20 Å². The minimum atomic E-state index is -1.44. The molecule has 0 spiro atoms. The zero-order chi connectivity index (χ0) is 13.1. The Balaban J connectivity index is 2.79. The SMILES string of the molecule is CC(C)(C)OC(=O)N(C(=O)O)N1C=CN=NC1. The molecule has 0 aromatic rings. The lowest BCUT2D eigenvalue weighted by Gasteiger charge is -2.30. The van der Waals surface area contributed by atoms with Crippen molar-refractivity contribution < 1.29 is 19.4 Å². The Morgan fingerprint density at radius 2 is 2.12 bits per heavy atom. The summed E-state index contributed by atoms with van der Waals surface area (Å²) in [7, 11) is 0. The van der Waals surface area contributed by atoms with Crippen LogP contribution >= 0.6 is 0 Å². The van der Waals surface area contributed by atoms with Gasteiger partial charge < -0.3 is 9.84 Å². The molecule has 1 rings (SSSR count). The van der Waals surface area contributed by atoms with Crippen molar-refractivity contribution >= 4 is 12.2 Å². The van der Waals surface area contributed by atoms with Crippen LogP contribution < -0.4 is 0 Å². The summed E-state index contributed by atoms with van der Waals surface area (Å²) in [6.07, 6.45) is 0.183. The second-order valence-corrected chi connectivity index (χ2v) is 4.21. The van der Waals surface area contributed by atoms with Gasteiger partial charge in [-0.15, -0.1) is 5.01 Å². The van der Waals surface area contributed by atoms with Crippen molar-refractivity contribution in [1.29, 1.82) is 0 Å². The van der Waals surface area contributed by atoms with Gasteiger partial charge in [-0.05, 0) is 20.8 Å². The first-order valence-corrected chi connectivity index (χ1v) is 4.87. The third-order valence-corrected chi connectivity index (χ3v) is 1.60. The van der Waals surface area contributed by atoms with Crippen molar-refractivity contribution in [2.75, 3.05) is 6.67 Å². The Bertz CT molecular complexity index is 372. The molecule has 0 atom stereocenters. The first kappa shape index (κ1) is 12.9. The minimum Gasteiger partial charge on any atom is -0.463 e. The van der Waals surface area contributed by atoms with Crippen LogP contribution in [0.2, 0.25) is 0 Å². The van der Waals surface area contributed by atoms with Crippen LogP contribution in [-0.4, -0.2) is 39.6 Å². The smallest absolute Gasteiger partial charge is 0.439 e. The highest BCUT2D eigenvalue weighted by Crippen LogP contribution is 2.13. The van der Waals surface area contributed by atoms with Gasteiger partial charge >= 0.3 is 12.2 Å². The Morgan fingerprint density at radius 1 is 1.47 bits per heavy atom. The van der Waals surface area contributed by atoms with Gasteiger partial charge in [-0.3, -0.25) is 5.01 Å². The number of amides is 2. The van der Waals surface area contributed by atoms with E-state index in [0.717, 1.165) is 5.01 Å². The predicted octanol–water partition coefficient (Wildman–Crippen LogP) is 2.01. The molecule has 0 saturated carbocycles. The third kappa shape index (κ3) is 3.74. The van der Waals surface area contributed by atoms with Crippen molar-refractivity contribution in [1.82, 2.24) is 10.0 Å². The topological polar surface area (TPSA) is 94.8 Å². The van der Waals surface area contributed by atoms with E-state index in [4.69, 9.17) is 9.84 Å². The van der Waals surface area contributed by atoms with Gasteiger partial charge in [0.15, 0.2) is 6.67 Å². The monoisotopic (exact) mass is 242 g/mol. The van der Waals surface area contributed by atoms with Crippen LogP contribution in [-0.2, 0) is 4.74 Å². The molecule has 2 amide bonds. The average Bonchev–Trinajstić information content (AvgIpc) is 2.15. The standard InChI is InChI=1S/C9H14N4O4/c1-9(2,3)17-8(16)13(7(14)15)12-5-4-10-11-6-12/h4-5H,6H2,1-3H3,(H,14,15). The number of imide groups is 1. The maximum atomic E-state index is 11.7. The molecule has 17 heavy (non-hydrogen) atoms. The first-order chi connectivity index (χ1) is 7.81. The van der Waals surface area contributed by atoms with E-state index in [0.29, 0.717) is 5.01 Å². The number of nitrogens with zero attached hydrogens (tertiary/aromatic N) is 4. The second-order valence-electron chi connectivity index (χ2n) is 4.21. The fourth-order valence-corrected chi connectivity index (χ4v) is 1.03. The minimum absolute atomic E-state index is 0.0535. The van der Waals surface area contributed by atoms with Gasteiger partial charge in [0.2, 0.25) is 0 Å². The fraction of sp³-hybridized carbons (Fsp3) is 0.556. The lowest BCUT2D eigenvalue weighted by atomic mass is 10.2. The summed E-state index contributed by atoms with van der Waals surface area (Å²) in [4.78, 5) is 22.7. The van der Waals surface area contributed by atoms with Crippen LogP contribution in [0.1, 0.15) is 20.8 Å². The van der Waals surface area contributed by atoms with Crippen LogP contribution in [0, 0.1) is 0 Å². The van der Waals surface area contributed by atoms with Crippen molar-refractivity contribution in [2.45, 2.75) is 26.4 Å². The molecular weight excluding hydrogens is 228 g/mol. The first-order valence-electron chi connectivity index (χ1n) is 4.87. The van der Waals surface area contributed by atoms with Crippen molar-refractivity contribution in [3.8, 4) is 0 Å². The van der Waals surface area contributed by atoms with Gasteiger partial charge in [0.05, 0.1) is 6.20 Å². The Kier molecular flexibility index (Phi) is 3.66. The number of rotatable bonds is 1. The molecule has 0 saturated heterocycles. The summed E-state index contributed by atoms with van der Waals surface area (Å²) in [5.41, 5.74) is -0.772. The molecule has 1 heterocycles. The highest BCUT2D eigenvalue weighted by Gasteiger charge is 2.31. The molecule has 0 fully saturated rings. The number of hydrazine groups is 1. The Morgan fingerprint density at radius 3 is 2.53 bits per heavy atom. The molecule has 0 aliphatic carbocycles. The lowest BCUT2D eigenvalue weighted by molar-refractivity contribution is -0.0202. The van der Waals surface area contributed by atoms with E-state index in [-0.39, 0.29) is 6.67 Å². The number of hydrogen-bond donors (Lipinski definition) is 1. The van der Waals surface area contributed by atoms with Crippen molar-refractivity contribution in [2.24, 2.45) is 10.2 Å². The second kappa shape index (κ2) is 4.81. The van der Waals surface area contributed by atoms with Crippen molar-refractivity contribution in [3.05, 3.63) is 12.4 Å². The maximum Gasteiger partial charge on any atom is 0.439 e. The van der Waals surface area contributed by atoms with E-state index in [1.165, 1.54) is 12.4 Å². The zero-order valence-electron chi connectivity index (χ0n) is 9.82. The molecule has 0 bridgehead atoms. The largest absolute Gasteiger partial charge is 0.463 e. The molecule has 0 unspecified atom stereocenters. The molecule has 94 valence electrons. The zero-order valence-corrected chi connectivity index (χ0v) is 9.82. The molecule has 1 aliphatic rings. The van der Waals surface area contributed by atoms with Crippen LogP contribution in [0.25, 0.3) is 0 Å². The van der Waals surface area contributed by atoms with Gasteiger partial charge in [0.1, 0.15) is 5.60 Å². The lowest BCUT2D eigenvalue weighted by Crippen LogP contribution is -2.49. The number of ether oxygens (including phenoxy) is 1. The summed E-state index contributed by atoms with van der Waals surface area (Å²) in [6.45, 7) is 4.89. The van der Waals surface area contributed by atoms with Crippen molar-refractivity contribution in [3.63, 3.8) is 0 Å². The third-order valence-electron chi connectivity index (χ3n) is 1.60. The number of carboxylic acid groups (broad SMARTS) is 1. The normalized spacial score (nSPS) is 14.6. The van der Waals surface area contributed by atoms with E-state index in [1.807, 2.05) is 0 Å².